The third-order valence-corrected chi connectivity index (χ3v) is 3.40. The van der Waals surface area contributed by atoms with E-state index in [2.05, 4.69) is 15.6 Å². The van der Waals surface area contributed by atoms with E-state index in [4.69, 9.17) is 0 Å². The number of carbonyl (C=O) groups excluding carboxylic acids is 1. The third kappa shape index (κ3) is 1.59. The Hall–Kier alpha value is -1.89. The van der Waals surface area contributed by atoms with Crippen molar-refractivity contribution in [1.29, 1.82) is 0 Å². The van der Waals surface area contributed by atoms with Crippen LogP contribution < -0.4 is 16.2 Å². The highest BCUT2D eigenvalue weighted by Crippen LogP contribution is 2.24. The zero-order chi connectivity index (χ0) is 12.7. The average molecular weight is 250 g/mol. The van der Waals surface area contributed by atoms with Crippen LogP contribution in [0.1, 0.15) is 35.2 Å². The van der Waals surface area contributed by atoms with Gasteiger partial charge < -0.3 is 20.3 Å². The van der Waals surface area contributed by atoms with Crippen molar-refractivity contribution in [3.8, 4) is 5.75 Å². The molecule has 1 fully saturated rings. The van der Waals surface area contributed by atoms with Crippen LogP contribution in [0, 0.1) is 0 Å². The molecule has 18 heavy (non-hydrogen) atoms. The summed E-state index contributed by atoms with van der Waals surface area (Å²) >= 11 is 0. The first-order valence-corrected chi connectivity index (χ1v) is 6.04. The summed E-state index contributed by atoms with van der Waals surface area (Å²) in [6.45, 7) is 1.88. The zero-order valence-corrected chi connectivity index (χ0v) is 9.77. The van der Waals surface area contributed by atoms with Crippen molar-refractivity contribution in [3.63, 3.8) is 0 Å². The van der Waals surface area contributed by atoms with E-state index < -0.39 is 17.2 Å². The Morgan fingerprint density at radius 1 is 1.33 bits per heavy atom. The quantitative estimate of drug-likeness (QED) is 0.601. The molecule has 0 bridgehead atoms. The van der Waals surface area contributed by atoms with Gasteiger partial charge in [0.25, 0.3) is 5.91 Å². The highest BCUT2D eigenvalue weighted by atomic mass is 16.3. The second-order valence-electron chi connectivity index (χ2n) is 4.53. The lowest BCUT2D eigenvalue weighted by Gasteiger charge is -2.24. The Kier molecular flexibility index (Phi) is 2.55. The summed E-state index contributed by atoms with van der Waals surface area (Å²) in [6, 6.07) is -0.0112. The number of rotatable bonds is 1. The molecule has 1 amide bonds. The third-order valence-electron chi connectivity index (χ3n) is 3.40. The monoisotopic (exact) mass is 250 g/mol. The Morgan fingerprint density at radius 2 is 2.17 bits per heavy atom. The zero-order valence-electron chi connectivity index (χ0n) is 9.77. The van der Waals surface area contributed by atoms with Crippen molar-refractivity contribution in [2.75, 3.05) is 13.1 Å². The van der Waals surface area contributed by atoms with E-state index in [1.807, 2.05) is 0 Å². The van der Waals surface area contributed by atoms with Gasteiger partial charge in [-0.2, -0.15) is 4.98 Å². The summed E-state index contributed by atoms with van der Waals surface area (Å²) in [5.41, 5.74) is -0.702. The second kappa shape index (κ2) is 4.09. The molecule has 0 radical (unpaired) electrons. The minimum Gasteiger partial charge on any atom is -0.501 e. The fourth-order valence-corrected chi connectivity index (χ4v) is 2.55. The maximum atomic E-state index is 11.7. The standard InChI is InChI=1S/C11H14N4O3/c16-8-7-10(17)13-4-5-15(7)9(14-11(8)18)6-2-1-3-12-6/h6,12,16H,1-5H2,(H,13,17). The Labute approximate surface area is 103 Å². The minimum absolute atomic E-state index is 0.0112. The lowest BCUT2D eigenvalue weighted by molar-refractivity contribution is 0.0919. The lowest BCUT2D eigenvalue weighted by Crippen LogP contribution is -2.40. The van der Waals surface area contributed by atoms with E-state index in [1.165, 1.54) is 0 Å². The van der Waals surface area contributed by atoms with Crippen molar-refractivity contribution in [2.45, 2.75) is 25.4 Å². The molecule has 7 heteroatoms. The summed E-state index contributed by atoms with van der Waals surface area (Å²) in [4.78, 5) is 27.3. The number of amides is 1. The van der Waals surface area contributed by atoms with Crippen LogP contribution >= 0.6 is 0 Å². The van der Waals surface area contributed by atoms with E-state index >= 15 is 0 Å². The molecule has 3 rings (SSSR count). The molecule has 96 valence electrons. The van der Waals surface area contributed by atoms with Gasteiger partial charge in [0.15, 0.2) is 5.69 Å². The van der Waals surface area contributed by atoms with Crippen LogP contribution in [0.5, 0.6) is 5.75 Å². The van der Waals surface area contributed by atoms with Gasteiger partial charge in [0.05, 0.1) is 6.04 Å². The Bertz CT molecular complexity index is 560. The molecular weight excluding hydrogens is 236 g/mol. The number of hydrogen-bond donors (Lipinski definition) is 3. The summed E-state index contributed by atoms with van der Waals surface area (Å²) in [6.07, 6.45) is 1.90. The van der Waals surface area contributed by atoms with Gasteiger partial charge in [-0.05, 0) is 19.4 Å². The van der Waals surface area contributed by atoms with Crippen LogP contribution in [0.3, 0.4) is 0 Å². The maximum Gasteiger partial charge on any atom is 0.315 e. The molecule has 1 unspecified atom stereocenters. The number of hydrogen-bond acceptors (Lipinski definition) is 5. The molecule has 1 atom stereocenters. The van der Waals surface area contributed by atoms with Gasteiger partial charge in [-0.3, -0.25) is 9.59 Å². The van der Waals surface area contributed by atoms with Gasteiger partial charge in [0, 0.05) is 13.1 Å². The fraction of sp³-hybridized carbons (Fsp3) is 0.545. The molecule has 1 saturated heterocycles. The molecular formula is C11H14N4O3. The molecule has 7 nitrogen and oxygen atoms in total. The Balaban J connectivity index is 2.20. The van der Waals surface area contributed by atoms with Gasteiger partial charge in [-0.25, -0.2) is 0 Å². The van der Waals surface area contributed by atoms with Gasteiger partial charge in [0.2, 0.25) is 5.75 Å². The Morgan fingerprint density at radius 3 is 2.89 bits per heavy atom. The number of nitrogens with one attached hydrogen (secondary N) is 2. The van der Waals surface area contributed by atoms with Crippen LogP contribution in [-0.2, 0) is 6.54 Å². The van der Waals surface area contributed by atoms with Crippen LogP contribution in [-0.4, -0.2) is 33.7 Å². The van der Waals surface area contributed by atoms with Crippen LogP contribution in [0.25, 0.3) is 0 Å². The van der Waals surface area contributed by atoms with Crippen LogP contribution in [0.15, 0.2) is 4.79 Å². The molecule has 3 N–H and O–H groups in total. The van der Waals surface area contributed by atoms with Gasteiger partial charge in [-0.15, -0.1) is 0 Å². The SMILES string of the molecule is O=C1NCCn2c(C3CCCN3)nc(=O)c(O)c21. The van der Waals surface area contributed by atoms with Gasteiger partial charge in [-0.1, -0.05) is 0 Å². The molecule has 0 aliphatic carbocycles. The largest absolute Gasteiger partial charge is 0.501 e. The summed E-state index contributed by atoms with van der Waals surface area (Å²) in [5, 5.41) is 15.6. The first-order valence-electron chi connectivity index (χ1n) is 6.04. The first kappa shape index (κ1) is 11.2. The van der Waals surface area contributed by atoms with Crippen molar-refractivity contribution >= 4 is 5.91 Å². The van der Waals surface area contributed by atoms with Crippen LogP contribution in [0.4, 0.5) is 0 Å². The summed E-state index contributed by atoms with van der Waals surface area (Å²) < 4.78 is 1.65. The van der Waals surface area contributed by atoms with Gasteiger partial charge in [0.1, 0.15) is 5.82 Å². The normalized spacial score (nSPS) is 22.7. The summed E-state index contributed by atoms with van der Waals surface area (Å²) in [7, 11) is 0. The number of aromatic nitrogens is 2. The molecule has 2 aliphatic rings. The molecule has 3 heterocycles. The molecule has 0 spiro atoms. The molecule has 1 aromatic rings. The minimum atomic E-state index is -0.734. The molecule has 0 saturated carbocycles. The first-order chi connectivity index (χ1) is 8.68. The van der Waals surface area contributed by atoms with E-state index in [0.29, 0.717) is 18.9 Å². The number of nitrogens with zero attached hydrogens (tertiary/aromatic N) is 2. The lowest BCUT2D eigenvalue weighted by atomic mass is 10.1. The predicted octanol–water partition coefficient (Wildman–Crippen LogP) is -0.883. The molecule has 2 aliphatic heterocycles. The van der Waals surface area contributed by atoms with Crippen molar-refractivity contribution < 1.29 is 9.90 Å². The highest BCUT2D eigenvalue weighted by Gasteiger charge is 2.29. The fourth-order valence-electron chi connectivity index (χ4n) is 2.55. The highest BCUT2D eigenvalue weighted by molar-refractivity contribution is 5.95. The van der Waals surface area contributed by atoms with E-state index in [-0.39, 0.29) is 11.7 Å². The second-order valence-corrected chi connectivity index (χ2v) is 4.53. The topological polar surface area (TPSA) is 96.3 Å². The smallest absolute Gasteiger partial charge is 0.315 e. The van der Waals surface area contributed by atoms with E-state index in [1.54, 1.807) is 4.57 Å². The van der Waals surface area contributed by atoms with Crippen molar-refractivity contribution in [3.05, 3.63) is 21.9 Å². The van der Waals surface area contributed by atoms with Crippen LogP contribution in [0.2, 0.25) is 0 Å². The predicted molar refractivity (Wildman–Crippen MR) is 62.5 cm³/mol. The van der Waals surface area contributed by atoms with Crippen molar-refractivity contribution in [2.24, 2.45) is 0 Å². The maximum absolute atomic E-state index is 11.7. The number of fused-ring (bicyclic) bond motifs is 1. The van der Waals surface area contributed by atoms with Crippen molar-refractivity contribution in [1.82, 2.24) is 20.2 Å². The summed E-state index contributed by atoms with van der Waals surface area (Å²) in [5.74, 6) is -0.424. The van der Waals surface area contributed by atoms with E-state index in [0.717, 1.165) is 19.4 Å². The van der Waals surface area contributed by atoms with E-state index in [9.17, 15) is 14.7 Å². The molecule has 0 aromatic carbocycles. The number of aromatic hydroxyl groups is 1. The number of carbonyl (C=O) groups is 1. The van der Waals surface area contributed by atoms with Gasteiger partial charge >= 0.3 is 5.56 Å². The molecule has 1 aromatic heterocycles. The average Bonchev–Trinajstić information content (AvgIpc) is 2.87.